The van der Waals surface area contributed by atoms with Crippen LogP contribution in [0.1, 0.15) is 11.5 Å². The molecule has 3 aromatic rings. The number of thioether (sulfide) groups is 1. The lowest BCUT2D eigenvalue weighted by atomic mass is 10.3. The van der Waals surface area contributed by atoms with Crippen LogP contribution in [-0.4, -0.2) is 15.0 Å². The summed E-state index contributed by atoms with van der Waals surface area (Å²) in [5.74, 6) is 2.02. The highest BCUT2D eigenvalue weighted by Crippen LogP contribution is 2.27. The molecule has 3 rings (SSSR count). The fraction of sp³-hybridized carbons (Fsp3) is 0.0769. The Kier molecular flexibility index (Phi) is 3.85. The van der Waals surface area contributed by atoms with Crippen LogP contribution in [-0.2, 0) is 5.75 Å². The maximum atomic E-state index is 8.77. The molecule has 6 nitrogen and oxygen atoms in total. The van der Waals surface area contributed by atoms with Crippen molar-refractivity contribution in [2.24, 2.45) is 0 Å². The molecule has 0 radical (unpaired) electrons. The van der Waals surface area contributed by atoms with E-state index >= 15 is 0 Å². The molecule has 21 heavy (non-hydrogen) atoms. The average Bonchev–Trinajstić information content (AvgIpc) is 3.16. The first-order valence-corrected chi connectivity index (χ1v) is 7.77. The van der Waals surface area contributed by atoms with E-state index in [2.05, 4.69) is 15.0 Å². The largest absolute Gasteiger partial charge is 0.439 e. The Balaban J connectivity index is 1.68. The van der Waals surface area contributed by atoms with Crippen molar-refractivity contribution >= 4 is 28.9 Å². The smallest absolute Gasteiger partial charge is 0.205 e. The van der Waals surface area contributed by atoms with Gasteiger partial charge in [-0.05, 0) is 11.4 Å². The van der Waals surface area contributed by atoms with Crippen LogP contribution in [0.5, 0.6) is 0 Å². The van der Waals surface area contributed by atoms with E-state index in [1.807, 2.05) is 23.6 Å². The molecule has 0 aromatic carbocycles. The van der Waals surface area contributed by atoms with Gasteiger partial charge in [-0.25, -0.2) is 15.0 Å². The van der Waals surface area contributed by atoms with Gasteiger partial charge in [0.1, 0.15) is 17.5 Å². The topological polar surface area (TPSA) is 102 Å². The molecule has 0 atom stereocenters. The molecule has 0 bridgehead atoms. The number of oxazole rings is 1. The van der Waals surface area contributed by atoms with Gasteiger partial charge in [-0.2, -0.15) is 5.26 Å². The molecule has 2 N–H and O–H groups in total. The van der Waals surface area contributed by atoms with Crippen molar-refractivity contribution in [1.82, 2.24) is 15.0 Å². The quantitative estimate of drug-likeness (QED) is 0.583. The van der Waals surface area contributed by atoms with E-state index in [1.165, 1.54) is 18.0 Å². The van der Waals surface area contributed by atoms with E-state index in [1.54, 1.807) is 17.5 Å². The van der Waals surface area contributed by atoms with Crippen LogP contribution in [0.4, 0.5) is 5.82 Å². The predicted molar refractivity (Wildman–Crippen MR) is 80.5 cm³/mol. The average molecular weight is 315 g/mol. The lowest BCUT2D eigenvalue weighted by Gasteiger charge is -1.99. The van der Waals surface area contributed by atoms with Crippen LogP contribution in [0.15, 0.2) is 39.5 Å². The van der Waals surface area contributed by atoms with Gasteiger partial charge in [0.2, 0.25) is 5.89 Å². The van der Waals surface area contributed by atoms with E-state index in [0.29, 0.717) is 16.8 Å². The maximum Gasteiger partial charge on any atom is 0.205 e. The summed E-state index contributed by atoms with van der Waals surface area (Å²) in [7, 11) is 0. The number of nitrogens with two attached hydrogens (primary N) is 1. The Hall–Kier alpha value is -2.37. The van der Waals surface area contributed by atoms with Crippen LogP contribution >= 0.6 is 23.1 Å². The summed E-state index contributed by atoms with van der Waals surface area (Å²) in [4.78, 5) is 13.4. The molecule has 104 valence electrons. The van der Waals surface area contributed by atoms with Crippen LogP contribution in [0.25, 0.3) is 10.6 Å². The first-order chi connectivity index (χ1) is 10.3. The Morgan fingerprint density at radius 1 is 1.38 bits per heavy atom. The summed E-state index contributed by atoms with van der Waals surface area (Å²) in [5.41, 5.74) is 5.92. The minimum absolute atomic E-state index is 0.182. The number of anilines is 1. The summed E-state index contributed by atoms with van der Waals surface area (Å²) < 4.78 is 5.66. The van der Waals surface area contributed by atoms with E-state index in [-0.39, 0.29) is 11.4 Å². The summed E-state index contributed by atoms with van der Waals surface area (Å²) in [5, 5.41) is 11.2. The Morgan fingerprint density at radius 3 is 3.00 bits per heavy atom. The number of hydrogen-bond donors (Lipinski definition) is 1. The normalized spacial score (nSPS) is 10.4. The molecule has 3 heterocycles. The highest BCUT2D eigenvalue weighted by molar-refractivity contribution is 7.98. The van der Waals surface area contributed by atoms with Crippen molar-refractivity contribution < 1.29 is 4.42 Å². The third-order valence-corrected chi connectivity index (χ3v) is 4.29. The Morgan fingerprint density at radius 2 is 2.29 bits per heavy atom. The van der Waals surface area contributed by atoms with Gasteiger partial charge < -0.3 is 10.2 Å². The molecule has 0 aliphatic carbocycles. The van der Waals surface area contributed by atoms with Gasteiger partial charge in [0, 0.05) is 0 Å². The lowest BCUT2D eigenvalue weighted by molar-refractivity contribution is 0.531. The SMILES string of the molecule is N#Cc1cnc(SCc2ncc(-c3cccs3)o2)nc1N. The number of rotatable bonds is 4. The number of nitrogen functional groups attached to an aromatic ring is 1. The van der Waals surface area contributed by atoms with Crippen LogP contribution < -0.4 is 5.73 Å². The van der Waals surface area contributed by atoms with Crippen molar-refractivity contribution in [2.45, 2.75) is 10.9 Å². The lowest BCUT2D eigenvalue weighted by Crippen LogP contribution is -1.98. The zero-order valence-corrected chi connectivity index (χ0v) is 12.3. The molecule has 8 heteroatoms. The Bertz CT molecular complexity index is 791. The summed E-state index contributed by atoms with van der Waals surface area (Å²) in [6.45, 7) is 0. The second-order valence-electron chi connectivity index (χ2n) is 3.95. The van der Waals surface area contributed by atoms with Gasteiger partial charge in [-0.3, -0.25) is 0 Å². The van der Waals surface area contributed by atoms with Crippen molar-refractivity contribution in [3.63, 3.8) is 0 Å². The number of nitriles is 1. The van der Waals surface area contributed by atoms with E-state index < -0.39 is 0 Å². The molecule has 0 amide bonds. The first kappa shape index (κ1) is 13.6. The zero-order chi connectivity index (χ0) is 14.7. The van der Waals surface area contributed by atoms with Gasteiger partial charge in [0.05, 0.1) is 23.0 Å². The minimum Gasteiger partial charge on any atom is -0.439 e. The summed E-state index contributed by atoms with van der Waals surface area (Å²) in [6, 6.07) is 5.87. The molecule has 0 spiro atoms. The molecular weight excluding hydrogens is 306 g/mol. The number of aromatic nitrogens is 3. The molecule has 3 aromatic heterocycles. The molecule has 0 unspecified atom stereocenters. The second-order valence-corrected chi connectivity index (χ2v) is 5.84. The minimum atomic E-state index is 0.182. The second kappa shape index (κ2) is 5.95. The summed E-state index contributed by atoms with van der Waals surface area (Å²) in [6.07, 6.45) is 3.12. The van der Waals surface area contributed by atoms with E-state index in [0.717, 1.165) is 10.6 Å². The van der Waals surface area contributed by atoms with Crippen molar-refractivity contribution in [2.75, 3.05) is 5.73 Å². The monoisotopic (exact) mass is 315 g/mol. The molecule has 0 saturated carbocycles. The van der Waals surface area contributed by atoms with Gasteiger partial charge in [-0.15, -0.1) is 11.3 Å². The zero-order valence-electron chi connectivity index (χ0n) is 10.7. The number of thiophene rings is 1. The van der Waals surface area contributed by atoms with Crippen molar-refractivity contribution in [3.8, 4) is 16.7 Å². The predicted octanol–water partition coefficient (Wildman–Crippen LogP) is 2.94. The highest BCUT2D eigenvalue weighted by Gasteiger charge is 2.09. The van der Waals surface area contributed by atoms with Gasteiger partial charge >= 0.3 is 0 Å². The summed E-state index contributed by atoms with van der Waals surface area (Å²) >= 11 is 2.95. The van der Waals surface area contributed by atoms with Crippen LogP contribution in [0.3, 0.4) is 0 Å². The fourth-order valence-electron chi connectivity index (χ4n) is 1.57. The fourth-order valence-corrected chi connectivity index (χ4v) is 2.92. The van der Waals surface area contributed by atoms with Crippen LogP contribution in [0.2, 0.25) is 0 Å². The third kappa shape index (κ3) is 3.04. The Labute approximate surface area is 128 Å². The third-order valence-electron chi connectivity index (χ3n) is 2.56. The number of hydrogen-bond acceptors (Lipinski definition) is 8. The maximum absolute atomic E-state index is 8.77. The molecule has 0 aliphatic heterocycles. The van der Waals surface area contributed by atoms with Gasteiger partial charge in [0.15, 0.2) is 10.9 Å². The van der Waals surface area contributed by atoms with Crippen molar-refractivity contribution in [3.05, 3.63) is 41.4 Å². The highest BCUT2D eigenvalue weighted by atomic mass is 32.2. The molecule has 0 saturated heterocycles. The van der Waals surface area contributed by atoms with E-state index in [9.17, 15) is 0 Å². The van der Waals surface area contributed by atoms with Crippen molar-refractivity contribution in [1.29, 1.82) is 5.26 Å². The molecule has 0 aliphatic rings. The van der Waals surface area contributed by atoms with E-state index in [4.69, 9.17) is 15.4 Å². The standard InChI is InChI=1S/C13H9N5OS2/c14-4-8-5-17-13(18-12(8)15)21-7-11-16-6-9(19-11)10-2-1-3-20-10/h1-3,5-6H,7H2,(H2,15,17,18). The van der Waals surface area contributed by atoms with Crippen LogP contribution in [0, 0.1) is 11.3 Å². The molecular formula is C13H9N5OS2. The number of nitrogens with zero attached hydrogens (tertiary/aromatic N) is 4. The van der Waals surface area contributed by atoms with Gasteiger partial charge in [0.25, 0.3) is 0 Å². The van der Waals surface area contributed by atoms with Gasteiger partial charge in [-0.1, -0.05) is 17.8 Å². The molecule has 0 fully saturated rings. The first-order valence-electron chi connectivity index (χ1n) is 5.90.